The zero-order valence-corrected chi connectivity index (χ0v) is 9.47. The van der Waals surface area contributed by atoms with Gasteiger partial charge in [0, 0.05) is 12.0 Å². The summed E-state index contributed by atoms with van der Waals surface area (Å²) < 4.78 is 0. The van der Waals surface area contributed by atoms with Gasteiger partial charge in [0.1, 0.15) is 0 Å². The van der Waals surface area contributed by atoms with E-state index in [2.05, 4.69) is 6.92 Å². The van der Waals surface area contributed by atoms with Gasteiger partial charge in [-0.2, -0.15) is 0 Å². The van der Waals surface area contributed by atoms with E-state index < -0.39 is 0 Å². The Balaban J connectivity index is 2.15. The number of ketones is 1. The minimum absolute atomic E-state index is 0.164. The molecule has 3 heteroatoms. The van der Waals surface area contributed by atoms with Crippen molar-refractivity contribution in [2.75, 3.05) is 5.73 Å². The molecular formula is C12H14ClNO. The van der Waals surface area contributed by atoms with Gasteiger partial charge in [-0.3, -0.25) is 4.79 Å². The van der Waals surface area contributed by atoms with Crippen molar-refractivity contribution in [2.45, 2.75) is 26.2 Å². The van der Waals surface area contributed by atoms with E-state index in [-0.39, 0.29) is 11.2 Å². The number of benzene rings is 1. The Morgan fingerprint density at radius 2 is 2.20 bits per heavy atom. The van der Waals surface area contributed by atoms with Crippen LogP contribution in [0.4, 0.5) is 5.69 Å². The van der Waals surface area contributed by atoms with Crippen molar-refractivity contribution >= 4 is 23.1 Å². The highest BCUT2D eigenvalue weighted by molar-refractivity contribution is 6.33. The lowest BCUT2D eigenvalue weighted by molar-refractivity contribution is 0.0959. The monoisotopic (exact) mass is 223 g/mol. The van der Waals surface area contributed by atoms with Gasteiger partial charge in [-0.25, -0.2) is 0 Å². The molecule has 0 saturated heterocycles. The van der Waals surface area contributed by atoms with Crippen LogP contribution in [-0.4, -0.2) is 5.78 Å². The molecular weight excluding hydrogens is 210 g/mol. The van der Waals surface area contributed by atoms with Gasteiger partial charge in [0.05, 0.1) is 10.7 Å². The molecule has 0 amide bonds. The lowest BCUT2D eigenvalue weighted by Gasteiger charge is -2.07. The number of carbonyl (C=O) groups is 1. The van der Waals surface area contributed by atoms with E-state index in [9.17, 15) is 4.79 Å². The first-order valence-corrected chi connectivity index (χ1v) is 5.46. The summed E-state index contributed by atoms with van der Waals surface area (Å²) in [7, 11) is 0. The molecule has 0 unspecified atom stereocenters. The van der Waals surface area contributed by atoms with Crippen LogP contribution >= 0.6 is 11.6 Å². The van der Waals surface area contributed by atoms with Crippen LogP contribution in [0.5, 0.6) is 0 Å². The third-order valence-electron chi connectivity index (χ3n) is 3.01. The molecule has 1 saturated carbocycles. The predicted molar refractivity (Wildman–Crippen MR) is 62.2 cm³/mol. The SMILES string of the molecule is CC1(CC(=O)c2ccc(N)c(Cl)c2)CC1. The average molecular weight is 224 g/mol. The van der Waals surface area contributed by atoms with Crippen LogP contribution in [0, 0.1) is 5.41 Å². The van der Waals surface area contributed by atoms with Crippen molar-refractivity contribution in [3.63, 3.8) is 0 Å². The lowest BCUT2D eigenvalue weighted by Crippen LogP contribution is -2.06. The van der Waals surface area contributed by atoms with E-state index in [0.29, 0.717) is 22.7 Å². The summed E-state index contributed by atoms with van der Waals surface area (Å²) >= 11 is 5.87. The third kappa shape index (κ3) is 2.32. The molecule has 2 rings (SSSR count). The minimum Gasteiger partial charge on any atom is -0.398 e. The Morgan fingerprint density at radius 1 is 1.53 bits per heavy atom. The lowest BCUT2D eigenvalue weighted by atomic mass is 9.97. The largest absolute Gasteiger partial charge is 0.398 e. The van der Waals surface area contributed by atoms with E-state index in [1.807, 2.05) is 0 Å². The van der Waals surface area contributed by atoms with Crippen LogP contribution in [0.3, 0.4) is 0 Å². The highest BCUT2D eigenvalue weighted by Crippen LogP contribution is 2.48. The van der Waals surface area contributed by atoms with E-state index in [1.165, 1.54) is 0 Å². The number of rotatable bonds is 3. The molecule has 1 aliphatic rings. The zero-order chi connectivity index (χ0) is 11.1. The summed E-state index contributed by atoms with van der Waals surface area (Å²) in [6.07, 6.45) is 2.93. The second-order valence-corrected chi connectivity index (χ2v) is 5.05. The maximum atomic E-state index is 11.9. The molecule has 80 valence electrons. The van der Waals surface area contributed by atoms with Crippen LogP contribution < -0.4 is 5.73 Å². The molecule has 1 aromatic rings. The molecule has 1 aromatic carbocycles. The zero-order valence-electron chi connectivity index (χ0n) is 8.72. The van der Waals surface area contributed by atoms with E-state index in [4.69, 9.17) is 17.3 Å². The summed E-state index contributed by atoms with van der Waals surface area (Å²) in [5, 5.41) is 0.460. The van der Waals surface area contributed by atoms with E-state index in [1.54, 1.807) is 18.2 Å². The van der Waals surface area contributed by atoms with Crippen molar-refractivity contribution in [3.8, 4) is 0 Å². The van der Waals surface area contributed by atoms with E-state index in [0.717, 1.165) is 12.8 Å². The molecule has 1 aliphatic carbocycles. The Morgan fingerprint density at radius 3 is 2.73 bits per heavy atom. The molecule has 15 heavy (non-hydrogen) atoms. The van der Waals surface area contributed by atoms with Crippen LogP contribution in [-0.2, 0) is 0 Å². The van der Waals surface area contributed by atoms with Crippen molar-refractivity contribution in [2.24, 2.45) is 5.41 Å². The fourth-order valence-electron chi connectivity index (χ4n) is 1.58. The van der Waals surface area contributed by atoms with Crippen LogP contribution in [0.1, 0.15) is 36.5 Å². The average Bonchev–Trinajstić information content (AvgIpc) is 2.88. The molecule has 0 aromatic heterocycles. The van der Waals surface area contributed by atoms with Crippen LogP contribution in [0.25, 0.3) is 0 Å². The predicted octanol–water partition coefficient (Wildman–Crippen LogP) is 3.30. The van der Waals surface area contributed by atoms with Gasteiger partial charge in [0.25, 0.3) is 0 Å². The number of hydrogen-bond acceptors (Lipinski definition) is 2. The van der Waals surface area contributed by atoms with Crippen molar-refractivity contribution in [1.29, 1.82) is 0 Å². The van der Waals surface area contributed by atoms with Gasteiger partial charge in [0.15, 0.2) is 5.78 Å². The second-order valence-electron chi connectivity index (χ2n) is 4.65. The summed E-state index contributed by atoms with van der Waals surface area (Å²) in [5.74, 6) is 0.164. The van der Waals surface area contributed by atoms with Crippen molar-refractivity contribution < 1.29 is 4.79 Å². The van der Waals surface area contributed by atoms with Gasteiger partial charge in [0.2, 0.25) is 0 Å². The first kappa shape index (κ1) is 10.5. The maximum Gasteiger partial charge on any atom is 0.163 e. The number of halogens is 1. The molecule has 0 bridgehead atoms. The first-order valence-electron chi connectivity index (χ1n) is 5.08. The molecule has 2 nitrogen and oxygen atoms in total. The highest BCUT2D eigenvalue weighted by atomic mass is 35.5. The molecule has 0 atom stereocenters. The number of anilines is 1. The smallest absolute Gasteiger partial charge is 0.163 e. The fraction of sp³-hybridized carbons (Fsp3) is 0.417. The van der Waals surface area contributed by atoms with Crippen molar-refractivity contribution in [1.82, 2.24) is 0 Å². The normalized spacial score (nSPS) is 17.5. The van der Waals surface area contributed by atoms with Gasteiger partial charge < -0.3 is 5.73 Å². The fourth-order valence-corrected chi connectivity index (χ4v) is 1.76. The Bertz CT molecular complexity index is 410. The van der Waals surface area contributed by atoms with Gasteiger partial charge in [-0.15, -0.1) is 0 Å². The number of nitrogen functional groups attached to an aromatic ring is 1. The molecule has 0 heterocycles. The molecule has 0 spiro atoms. The Hall–Kier alpha value is -1.02. The number of nitrogens with two attached hydrogens (primary N) is 1. The summed E-state index contributed by atoms with van der Waals surface area (Å²) in [6.45, 7) is 2.14. The molecule has 0 aliphatic heterocycles. The first-order chi connectivity index (χ1) is 7.00. The highest BCUT2D eigenvalue weighted by Gasteiger charge is 2.39. The number of carbonyl (C=O) groups excluding carboxylic acids is 1. The topological polar surface area (TPSA) is 43.1 Å². The van der Waals surface area contributed by atoms with Crippen molar-refractivity contribution in [3.05, 3.63) is 28.8 Å². The second kappa shape index (κ2) is 3.53. The molecule has 1 fully saturated rings. The van der Waals surface area contributed by atoms with Gasteiger partial charge in [-0.1, -0.05) is 18.5 Å². The minimum atomic E-state index is 0.164. The van der Waals surface area contributed by atoms with E-state index >= 15 is 0 Å². The van der Waals surface area contributed by atoms with Crippen LogP contribution in [0.2, 0.25) is 5.02 Å². The number of Topliss-reactive ketones (excluding diaryl/α,β-unsaturated/α-hetero) is 1. The maximum absolute atomic E-state index is 11.9. The quantitative estimate of drug-likeness (QED) is 0.631. The van der Waals surface area contributed by atoms with Crippen LogP contribution in [0.15, 0.2) is 18.2 Å². The van der Waals surface area contributed by atoms with Gasteiger partial charge in [-0.05, 0) is 36.5 Å². The van der Waals surface area contributed by atoms with Gasteiger partial charge >= 0.3 is 0 Å². The Labute approximate surface area is 94.4 Å². The summed E-state index contributed by atoms with van der Waals surface area (Å²) in [5.41, 5.74) is 7.01. The summed E-state index contributed by atoms with van der Waals surface area (Å²) in [4.78, 5) is 11.9. The number of hydrogen-bond donors (Lipinski definition) is 1. The molecule has 0 radical (unpaired) electrons. The summed E-state index contributed by atoms with van der Waals surface area (Å²) in [6, 6.07) is 5.09. The molecule has 2 N–H and O–H groups in total. The standard InChI is InChI=1S/C12H14ClNO/c1-12(4-5-12)7-11(15)8-2-3-10(14)9(13)6-8/h2-3,6H,4-5,7,14H2,1H3. The third-order valence-corrected chi connectivity index (χ3v) is 3.34. The Kier molecular flexibility index (Phi) is 2.47.